The quantitative estimate of drug-likeness (QED) is 0.563. The molecule has 1 aliphatic heterocycles. The Balaban J connectivity index is 1.39. The summed E-state index contributed by atoms with van der Waals surface area (Å²) in [6, 6.07) is 11.9. The Labute approximate surface area is 184 Å². The summed E-state index contributed by atoms with van der Waals surface area (Å²) < 4.78 is 6.69. The second-order valence-corrected chi connectivity index (χ2v) is 8.14. The second kappa shape index (κ2) is 9.34. The van der Waals surface area contributed by atoms with Crippen LogP contribution in [0.15, 0.2) is 41.6 Å². The number of carbonyl (C=O) groups excluding carboxylic acids is 2. The van der Waals surface area contributed by atoms with Crippen molar-refractivity contribution in [3.63, 3.8) is 0 Å². The number of aromatic nitrogens is 4. The molecule has 1 aromatic carbocycles. The standard InChI is InChI=1S/C21H24N6O3S/c1-3-30-21(29)26-12-10-25(11-13-26)19(28)14-31-20-23-22-18-9-8-17(24-27(18)20)16-6-4-15(2)5-7-16/h4-9H,3,10-14H2,1-2H3. The van der Waals surface area contributed by atoms with Gasteiger partial charge in [0, 0.05) is 31.7 Å². The van der Waals surface area contributed by atoms with Crippen LogP contribution in [-0.4, -0.2) is 80.2 Å². The summed E-state index contributed by atoms with van der Waals surface area (Å²) >= 11 is 1.31. The summed E-state index contributed by atoms with van der Waals surface area (Å²) in [5.41, 5.74) is 3.64. The Morgan fingerprint density at radius 3 is 2.42 bits per heavy atom. The van der Waals surface area contributed by atoms with E-state index in [9.17, 15) is 9.59 Å². The van der Waals surface area contributed by atoms with E-state index in [1.807, 2.05) is 43.3 Å². The lowest BCUT2D eigenvalue weighted by atomic mass is 10.1. The molecule has 2 aromatic heterocycles. The largest absolute Gasteiger partial charge is 0.450 e. The van der Waals surface area contributed by atoms with Crippen LogP contribution >= 0.6 is 11.8 Å². The Kier molecular flexibility index (Phi) is 6.36. The second-order valence-electron chi connectivity index (χ2n) is 7.19. The van der Waals surface area contributed by atoms with Crippen LogP contribution < -0.4 is 0 Å². The first-order valence-electron chi connectivity index (χ1n) is 10.2. The number of rotatable bonds is 5. The molecule has 3 heterocycles. The Bertz CT molecular complexity index is 1080. The molecule has 0 unspecified atom stereocenters. The van der Waals surface area contributed by atoms with E-state index in [1.165, 1.54) is 17.3 Å². The van der Waals surface area contributed by atoms with E-state index in [-0.39, 0.29) is 17.8 Å². The fraction of sp³-hybridized carbons (Fsp3) is 0.381. The van der Waals surface area contributed by atoms with Crippen molar-refractivity contribution < 1.29 is 14.3 Å². The minimum atomic E-state index is -0.325. The number of ether oxygens (including phenoxy) is 1. The van der Waals surface area contributed by atoms with Gasteiger partial charge in [0.15, 0.2) is 5.65 Å². The van der Waals surface area contributed by atoms with Crippen molar-refractivity contribution >= 4 is 29.4 Å². The number of piperazine rings is 1. The van der Waals surface area contributed by atoms with Crippen LogP contribution in [-0.2, 0) is 9.53 Å². The van der Waals surface area contributed by atoms with Crippen LogP contribution in [0.5, 0.6) is 0 Å². The van der Waals surface area contributed by atoms with Crippen molar-refractivity contribution in [2.24, 2.45) is 0 Å². The van der Waals surface area contributed by atoms with Gasteiger partial charge in [-0.3, -0.25) is 4.79 Å². The molecule has 0 radical (unpaired) electrons. The lowest BCUT2D eigenvalue weighted by Gasteiger charge is -2.33. The highest BCUT2D eigenvalue weighted by molar-refractivity contribution is 7.99. The van der Waals surface area contributed by atoms with Gasteiger partial charge in [-0.05, 0) is 26.0 Å². The Morgan fingerprint density at radius 1 is 1.00 bits per heavy atom. The first-order chi connectivity index (χ1) is 15.0. The van der Waals surface area contributed by atoms with E-state index >= 15 is 0 Å². The fourth-order valence-electron chi connectivity index (χ4n) is 3.31. The Hall–Kier alpha value is -3.14. The molecule has 0 aliphatic carbocycles. The minimum Gasteiger partial charge on any atom is -0.450 e. The number of aryl methyl sites for hydroxylation is 1. The molecule has 3 aromatic rings. The van der Waals surface area contributed by atoms with Crippen molar-refractivity contribution in [3.05, 3.63) is 42.0 Å². The molecule has 0 atom stereocenters. The zero-order chi connectivity index (χ0) is 21.8. The molecule has 1 aliphatic rings. The van der Waals surface area contributed by atoms with Crippen LogP contribution in [0.2, 0.25) is 0 Å². The fourth-order valence-corrected chi connectivity index (χ4v) is 4.10. The topological polar surface area (TPSA) is 92.9 Å². The normalized spacial score (nSPS) is 14.1. The van der Waals surface area contributed by atoms with Gasteiger partial charge in [0.2, 0.25) is 11.1 Å². The summed E-state index contributed by atoms with van der Waals surface area (Å²) in [5.74, 6) is 0.233. The van der Waals surface area contributed by atoms with E-state index in [0.29, 0.717) is 43.6 Å². The third-order valence-electron chi connectivity index (χ3n) is 5.06. The molecule has 0 N–H and O–H groups in total. The molecule has 2 amide bonds. The third kappa shape index (κ3) is 4.79. The average molecular weight is 441 g/mol. The first-order valence-corrected chi connectivity index (χ1v) is 11.2. The van der Waals surface area contributed by atoms with E-state index in [1.54, 1.807) is 21.2 Å². The molecule has 0 saturated carbocycles. The van der Waals surface area contributed by atoms with Gasteiger partial charge in [-0.1, -0.05) is 41.6 Å². The van der Waals surface area contributed by atoms with Gasteiger partial charge in [-0.15, -0.1) is 10.2 Å². The highest BCUT2D eigenvalue weighted by Gasteiger charge is 2.25. The van der Waals surface area contributed by atoms with Crippen LogP contribution in [0.4, 0.5) is 4.79 Å². The third-order valence-corrected chi connectivity index (χ3v) is 5.97. The molecule has 9 nitrogen and oxygen atoms in total. The van der Waals surface area contributed by atoms with E-state index < -0.39 is 0 Å². The van der Waals surface area contributed by atoms with Gasteiger partial charge in [0.05, 0.1) is 18.1 Å². The van der Waals surface area contributed by atoms with E-state index in [0.717, 1.165) is 11.3 Å². The predicted octanol–water partition coefficient (Wildman–Crippen LogP) is 2.49. The van der Waals surface area contributed by atoms with Crippen LogP contribution in [0.3, 0.4) is 0 Å². The molecule has 31 heavy (non-hydrogen) atoms. The summed E-state index contributed by atoms with van der Waals surface area (Å²) in [4.78, 5) is 27.8. The van der Waals surface area contributed by atoms with Crippen LogP contribution in [0, 0.1) is 6.92 Å². The summed E-state index contributed by atoms with van der Waals surface area (Å²) in [7, 11) is 0. The maximum Gasteiger partial charge on any atom is 0.409 e. The van der Waals surface area contributed by atoms with Gasteiger partial charge in [0.1, 0.15) is 0 Å². The first kappa shape index (κ1) is 21.1. The molecule has 0 spiro atoms. The van der Waals surface area contributed by atoms with Gasteiger partial charge in [-0.25, -0.2) is 4.79 Å². The maximum atomic E-state index is 12.6. The van der Waals surface area contributed by atoms with Crippen molar-refractivity contribution in [1.82, 2.24) is 29.6 Å². The van der Waals surface area contributed by atoms with Gasteiger partial charge < -0.3 is 14.5 Å². The number of amides is 2. The monoisotopic (exact) mass is 440 g/mol. The van der Waals surface area contributed by atoms with Crippen LogP contribution in [0.1, 0.15) is 12.5 Å². The van der Waals surface area contributed by atoms with Crippen molar-refractivity contribution in [3.8, 4) is 11.3 Å². The van der Waals surface area contributed by atoms with Crippen LogP contribution in [0.25, 0.3) is 16.9 Å². The number of thioether (sulfide) groups is 1. The lowest BCUT2D eigenvalue weighted by Crippen LogP contribution is -2.51. The maximum absolute atomic E-state index is 12.6. The number of fused-ring (bicyclic) bond motifs is 1. The zero-order valence-corrected chi connectivity index (χ0v) is 18.3. The SMILES string of the molecule is CCOC(=O)N1CCN(C(=O)CSc2nnc3ccc(-c4ccc(C)cc4)nn23)CC1. The predicted molar refractivity (Wildman–Crippen MR) is 117 cm³/mol. The molecule has 4 rings (SSSR count). The number of carbonyl (C=O) groups is 2. The van der Waals surface area contributed by atoms with Crippen molar-refractivity contribution in [1.29, 1.82) is 0 Å². The smallest absolute Gasteiger partial charge is 0.409 e. The molecule has 1 fully saturated rings. The number of hydrogen-bond donors (Lipinski definition) is 0. The highest BCUT2D eigenvalue weighted by atomic mass is 32.2. The molecular formula is C21H24N6O3S. The van der Waals surface area contributed by atoms with Gasteiger partial charge in [-0.2, -0.15) is 9.61 Å². The van der Waals surface area contributed by atoms with Crippen molar-refractivity contribution in [2.45, 2.75) is 19.0 Å². The average Bonchev–Trinajstić information content (AvgIpc) is 3.20. The van der Waals surface area contributed by atoms with E-state index in [4.69, 9.17) is 4.74 Å². The zero-order valence-electron chi connectivity index (χ0n) is 17.5. The van der Waals surface area contributed by atoms with Crippen molar-refractivity contribution in [2.75, 3.05) is 38.5 Å². The molecular weight excluding hydrogens is 416 g/mol. The molecule has 1 saturated heterocycles. The summed E-state index contributed by atoms with van der Waals surface area (Å²) in [5, 5.41) is 13.6. The number of benzene rings is 1. The molecule has 10 heteroatoms. The molecule has 162 valence electrons. The Morgan fingerprint density at radius 2 is 1.71 bits per heavy atom. The lowest BCUT2D eigenvalue weighted by molar-refractivity contribution is -0.129. The van der Waals surface area contributed by atoms with Gasteiger partial charge >= 0.3 is 6.09 Å². The summed E-state index contributed by atoms with van der Waals surface area (Å²) in [6.45, 7) is 6.11. The number of nitrogens with zero attached hydrogens (tertiary/aromatic N) is 6. The summed E-state index contributed by atoms with van der Waals surface area (Å²) in [6.07, 6.45) is -0.325. The number of hydrogen-bond acceptors (Lipinski definition) is 7. The molecule has 0 bridgehead atoms. The minimum absolute atomic E-state index is 0.0000481. The highest BCUT2D eigenvalue weighted by Crippen LogP contribution is 2.21. The van der Waals surface area contributed by atoms with Gasteiger partial charge in [0.25, 0.3) is 0 Å². The van der Waals surface area contributed by atoms with E-state index in [2.05, 4.69) is 15.3 Å².